The molecule has 0 saturated carbocycles. The highest BCUT2D eigenvalue weighted by atomic mass is 19.1. The Morgan fingerprint density at radius 1 is 1.56 bits per heavy atom. The Bertz CT molecular complexity index is 403. The maximum absolute atomic E-state index is 13.5. The molecule has 2 N–H and O–H groups in total. The quantitative estimate of drug-likeness (QED) is 0.810. The van der Waals surface area contributed by atoms with E-state index < -0.39 is 17.9 Å². The number of methoxy groups -OCH3 is 1. The maximum Gasteiger partial charge on any atom is 0.332 e. The van der Waals surface area contributed by atoms with E-state index in [0.29, 0.717) is 5.56 Å². The van der Waals surface area contributed by atoms with Gasteiger partial charge in [-0.25, -0.2) is 9.18 Å². The molecule has 0 aliphatic heterocycles. The summed E-state index contributed by atoms with van der Waals surface area (Å²) in [5.74, 6) is -1.71. The number of benzene rings is 1. The molecule has 0 heterocycles. The van der Waals surface area contributed by atoms with Crippen LogP contribution in [0.25, 0.3) is 0 Å². The lowest BCUT2D eigenvalue weighted by molar-refractivity contribution is -0.146. The normalized spacial score (nSPS) is 12.2. The van der Waals surface area contributed by atoms with E-state index in [1.807, 2.05) is 0 Å². The molecule has 0 amide bonds. The molecule has 88 valence electrons. The monoisotopic (exact) mass is 228 g/mol. The molecule has 5 heteroatoms. The van der Waals surface area contributed by atoms with E-state index in [2.05, 4.69) is 0 Å². The smallest absolute Gasteiger partial charge is 0.332 e. The van der Waals surface area contributed by atoms with Crippen LogP contribution in [0.2, 0.25) is 0 Å². The fourth-order valence-corrected chi connectivity index (χ4v) is 1.40. The first-order valence-electron chi connectivity index (χ1n) is 4.69. The third-order valence-corrected chi connectivity index (χ3v) is 2.20. The summed E-state index contributed by atoms with van der Waals surface area (Å²) in [4.78, 5) is 10.5. The zero-order chi connectivity index (χ0) is 12.3. The number of hydrogen-bond donors (Lipinski definition) is 2. The van der Waals surface area contributed by atoms with Gasteiger partial charge in [0.25, 0.3) is 0 Å². The van der Waals surface area contributed by atoms with E-state index in [-0.39, 0.29) is 17.7 Å². The minimum atomic E-state index is -1.63. The average molecular weight is 228 g/mol. The summed E-state index contributed by atoms with van der Waals surface area (Å²) in [7, 11) is 1.37. The number of carbonyl (C=O) groups is 1. The number of aryl methyl sites for hydroxylation is 1. The lowest BCUT2D eigenvalue weighted by atomic mass is 10.0. The van der Waals surface area contributed by atoms with Crippen LogP contribution in [-0.4, -0.2) is 29.4 Å². The van der Waals surface area contributed by atoms with Crippen LogP contribution < -0.4 is 4.74 Å². The van der Waals surface area contributed by atoms with E-state index in [1.54, 1.807) is 13.0 Å². The number of carboxylic acids is 1. The molecule has 0 saturated heterocycles. The van der Waals surface area contributed by atoms with E-state index in [0.717, 1.165) is 0 Å². The van der Waals surface area contributed by atoms with Gasteiger partial charge in [0.1, 0.15) is 11.6 Å². The van der Waals surface area contributed by atoms with Gasteiger partial charge in [-0.3, -0.25) is 0 Å². The number of aliphatic hydroxyl groups is 1. The average Bonchev–Trinajstić information content (AvgIpc) is 2.21. The van der Waals surface area contributed by atoms with Crippen molar-refractivity contribution in [3.05, 3.63) is 29.1 Å². The lowest BCUT2D eigenvalue weighted by Crippen LogP contribution is -2.23. The second-order valence-corrected chi connectivity index (χ2v) is 3.49. The molecule has 1 atom stereocenters. The van der Waals surface area contributed by atoms with E-state index >= 15 is 0 Å². The Morgan fingerprint density at radius 3 is 2.69 bits per heavy atom. The molecular weight excluding hydrogens is 215 g/mol. The summed E-state index contributed by atoms with van der Waals surface area (Å²) >= 11 is 0. The number of ether oxygens (including phenoxy) is 1. The molecule has 0 aliphatic carbocycles. The summed E-state index contributed by atoms with van der Waals surface area (Å²) in [6.45, 7) is 1.70. The number of carboxylic acid groups (broad SMARTS) is 1. The Labute approximate surface area is 92.3 Å². The van der Waals surface area contributed by atoms with Crippen LogP contribution in [-0.2, 0) is 11.2 Å². The minimum absolute atomic E-state index is 0.0722. The maximum atomic E-state index is 13.5. The van der Waals surface area contributed by atoms with Crippen molar-refractivity contribution in [3.8, 4) is 5.75 Å². The highest BCUT2D eigenvalue weighted by Crippen LogP contribution is 2.24. The van der Waals surface area contributed by atoms with Gasteiger partial charge in [-0.15, -0.1) is 0 Å². The van der Waals surface area contributed by atoms with Crippen LogP contribution in [0.3, 0.4) is 0 Å². The summed E-state index contributed by atoms with van der Waals surface area (Å²) in [5, 5.41) is 17.7. The Balaban J connectivity index is 3.07. The summed E-state index contributed by atoms with van der Waals surface area (Å²) in [6.07, 6.45) is -1.95. The van der Waals surface area contributed by atoms with Crippen LogP contribution >= 0.6 is 0 Å². The van der Waals surface area contributed by atoms with Crippen molar-refractivity contribution < 1.29 is 24.1 Å². The van der Waals surface area contributed by atoms with Gasteiger partial charge in [0.15, 0.2) is 6.10 Å². The van der Waals surface area contributed by atoms with Crippen LogP contribution in [0.1, 0.15) is 11.1 Å². The first kappa shape index (κ1) is 12.4. The molecule has 0 aliphatic rings. The fraction of sp³-hybridized carbons (Fsp3) is 0.364. The standard InChI is InChI=1S/C11H13FO4/c1-6-3-8(12)7(10(4-6)16-2)5-9(13)11(14)15/h3-4,9,13H,5H2,1-2H3,(H,14,15). The molecule has 1 unspecified atom stereocenters. The van der Waals surface area contributed by atoms with Gasteiger partial charge in [-0.2, -0.15) is 0 Å². The Hall–Kier alpha value is -1.62. The van der Waals surface area contributed by atoms with Crippen molar-refractivity contribution in [2.75, 3.05) is 7.11 Å². The van der Waals surface area contributed by atoms with Crippen molar-refractivity contribution in [3.63, 3.8) is 0 Å². The van der Waals surface area contributed by atoms with Gasteiger partial charge in [-0.1, -0.05) is 0 Å². The summed E-state index contributed by atoms with van der Waals surface area (Å²) < 4.78 is 18.5. The van der Waals surface area contributed by atoms with Crippen molar-refractivity contribution in [1.29, 1.82) is 0 Å². The predicted molar refractivity (Wildman–Crippen MR) is 55.0 cm³/mol. The van der Waals surface area contributed by atoms with E-state index in [9.17, 15) is 14.3 Å². The SMILES string of the molecule is COc1cc(C)cc(F)c1CC(O)C(=O)O. The zero-order valence-corrected chi connectivity index (χ0v) is 9.03. The van der Waals surface area contributed by atoms with Gasteiger partial charge in [-0.05, 0) is 24.6 Å². The van der Waals surface area contributed by atoms with Gasteiger partial charge in [0.2, 0.25) is 0 Å². The summed E-state index contributed by atoms with van der Waals surface area (Å²) in [5.41, 5.74) is 0.742. The number of aliphatic hydroxyl groups excluding tert-OH is 1. The Morgan fingerprint density at radius 2 is 2.19 bits per heavy atom. The van der Waals surface area contributed by atoms with Crippen LogP contribution in [0.5, 0.6) is 5.75 Å². The molecule has 0 fully saturated rings. The molecule has 0 spiro atoms. The van der Waals surface area contributed by atoms with Crippen molar-refractivity contribution >= 4 is 5.97 Å². The topological polar surface area (TPSA) is 66.8 Å². The molecule has 0 radical (unpaired) electrons. The molecule has 4 nitrogen and oxygen atoms in total. The molecule has 0 aromatic heterocycles. The number of aliphatic carboxylic acids is 1. The minimum Gasteiger partial charge on any atom is -0.496 e. The molecule has 16 heavy (non-hydrogen) atoms. The van der Waals surface area contributed by atoms with Gasteiger partial charge in [0, 0.05) is 12.0 Å². The van der Waals surface area contributed by atoms with Gasteiger partial charge in [0.05, 0.1) is 7.11 Å². The molecule has 1 rings (SSSR count). The first-order valence-corrected chi connectivity index (χ1v) is 4.69. The Kier molecular flexibility index (Phi) is 3.84. The zero-order valence-electron chi connectivity index (χ0n) is 9.03. The molecular formula is C11H13FO4. The second kappa shape index (κ2) is 4.94. The third kappa shape index (κ3) is 2.70. The number of halogens is 1. The predicted octanol–water partition coefficient (Wildman–Crippen LogP) is 1.13. The number of rotatable bonds is 4. The number of hydrogen-bond acceptors (Lipinski definition) is 3. The van der Waals surface area contributed by atoms with E-state index in [4.69, 9.17) is 9.84 Å². The third-order valence-electron chi connectivity index (χ3n) is 2.20. The van der Waals surface area contributed by atoms with Crippen LogP contribution in [0, 0.1) is 12.7 Å². The highest BCUT2D eigenvalue weighted by Gasteiger charge is 2.19. The van der Waals surface area contributed by atoms with Crippen LogP contribution in [0.15, 0.2) is 12.1 Å². The van der Waals surface area contributed by atoms with E-state index in [1.165, 1.54) is 13.2 Å². The van der Waals surface area contributed by atoms with Crippen molar-refractivity contribution in [2.45, 2.75) is 19.4 Å². The van der Waals surface area contributed by atoms with Crippen LogP contribution in [0.4, 0.5) is 4.39 Å². The van der Waals surface area contributed by atoms with Gasteiger partial charge >= 0.3 is 5.97 Å². The first-order chi connectivity index (χ1) is 7.45. The van der Waals surface area contributed by atoms with Crippen molar-refractivity contribution in [2.24, 2.45) is 0 Å². The lowest BCUT2D eigenvalue weighted by Gasteiger charge is -2.12. The summed E-state index contributed by atoms with van der Waals surface area (Å²) in [6, 6.07) is 2.86. The second-order valence-electron chi connectivity index (χ2n) is 3.49. The largest absolute Gasteiger partial charge is 0.496 e. The van der Waals surface area contributed by atoms with Crippen molar-refractivity contribution in [1.82, 2.24) is 0 Å². The molecule has 1 aromatic carbocycles. The molecule has 1 aromatic rings. The van der Waals surface area contributed by atoms with Gasteiger partial charge < -0.3 is 14.9 Å². The molecule has 0 bridgehead atoms. The fourth-order valence-electron chi connectivity index (χ4n) is 1.40. The highest BCUT2D eigenvalue weighted by molar-refractivity contribution is 5.72.